The first-order valence-electron chi connectivity index (χ1n) is 3.95. The maximum Gasteiger partial charge on any atom is 0.159 e. The summed E-state index contributed by atoms with van der Waals surface area (Å²) in [4.78, 5) is 5.36. The molecule has 0 amide bonds. The number of nitrogens with one attached hydrogen (secondary N) is 1. The van der Waals surface area contributed by atoms with Gasteiger partial charge in [0.25, 0.3) is 0 Å². The number of hydroxylamine groups is 1. The van der Waals surface area contributed by atoms with E-state index in [0.29, 0.717) is 0 Å². The van der Waals surface area contributed by atoms with Gasteiger partial charge in [0, 0.05) is 7.05 Å². The fourth-order valence-corrected chi connectivity index (χ4v) is 2.50. The van der Waals surface area contributed by atoms with E-state index in [1.54, 1.807) is 28.6 Å². The van der Waals surface area contributed by atoms with E-state index in [9.17, 15) is 0 Å². The van der Waals surface area contributed by atoms with Crippen molar-refractivity contribution in [1.29, 1.82) is 0 Å². The Balaban J connectivity index is 2.64. The lowest BCUT2D eigenvalue weighted by molar-refractivity contribution is 0.0388. The predicted molar refractivity (Wildman–Crippen MR) is 60.4 cm³/mol. The molecule has 0 saturated heterocycles. The fraction of sp³-hybridized carbons (Fsp3) is 0.333. The Hall–Kier alpha value is -0.160. The van der Waals surface area contributed by atoms with Crippen LogP contribution in [0.15, 0.2) is 30.3 Å². The van der Waals surface area contributed by atoms with Gasteiger partial charge in [-0.1, -0.05) is 51.9 Å². The van der Waals surface area contributed by atoms with Gasteiger partial charge in [-0.2, -0.15) is 0 Å². The van der Waals surface area contributed by atoms with E-state index >= 15 is 0 Å². The van der Waals surface area contributed by atoms with Crippen molar-refractivity contribution in [1.82, 2.24) is 5.48 Å². The van der Waals surface area contributed by atoms with Crippen molar-refractivity contribution in [3.63, 3.8) is 0 Å². The van der Waals surface area contributed by atoms with Gasteiger partial charge in [-0.05, 0) is 11.8 Å². The Morgan fingerprint density at radius 3 is 2.54 bits per heavy atom. The van der Waals surface area contributed by atoms with Crippen LogP contribution in [0.25, 0.3) is 0 Å². The second kappa shape index (κ2) is 6.32. The van der Waals surface area contributed by atoms with Gasteiger partial charge in [-0.15, -0.1) is 0 Å². The Labute approximate surface area is 86.8 Å². The first-order chi connectivity index (χ1) is 6.38. The monoisotopic (exact) mass is 215 g/mol. The zero-order valence-electron chi connectivity index (χ0n) is 7.69. The molecule has 72 valence electrons. The van der Waals surface area contributed by atoms with E-state index in [-0.39, 0.29) is 5.44 Å². The minimum atomic E-state index is 0.0567. The van der Waals surface area contributed by atoms with Crippen molar-refractivity contribution in [2.45, 2.75) is 5.44 Å². The van der Waals surface area contributed by atoms with Crippen LogP contribution in [-0.4, -0.2) is 13.3 Å². The second-order valence-electron chi connectivity index (χ2n) is 2.33. The summed E-state index contributed by atoms with van der Waals surface area (Å²) in [5, 5.41) is 0. The molecule has 0 spiro atoms. The Kier molecular flexibility index (Phi) is 5.31. The van der Waals surface area contributed by atoms with Gasteiger partial charge in [0.2, 0.25) is 0 Å². The van der Waals surface area contributed by atoms with Crippen LogP contribution in [0.2, 0.25) is 0 Å². The highest BCUT2D eigenvalue weighted by molar-refractivity contribution is 8.76. The molecular weight excluding hydrogens is 202 g/mol. The van der Waals surface area contributed by atoms with Crippen molar-refractivity contribution in [3.05, 3.63) is 35.9 Å². The van der Waals surface area contributed by atoms with Gasteiger partial charge >= 0.3 is 0 Å². The van der Waals surface area contributed by atoms with E-state index in [1.165, 1.54) is 5.56 Å². The predicted octanol–water partition coefficient (Wildman–Crippen LogP) is 2.85. The number of hydrogen-bond donors (Lipinski definition) is 1. The average molecular weight is 215 g/mol. The molecule has 0 bridgehead atoms. The molecule has 13 heavy (non-hydrogen) atoms. The molecule has 2 nitrogen and oxygen atoms in total. The zero-order chi connectivity index (χ0) is 9.52. The van der Waals surface area contributed by atoms with Crippen LogP contribution in [0.3, 0.4) is 0 Å². The molecule has 0 aromatic heterocycles. The summed E-state index contributed by atoms with van der Waals surface area (Å²) in [5.74, 6) is 0. The average Bonchev–Trinajstić information content (AvgIpc) is 2.19. The van der Waals surface area contributed by atoms with Gasteiger partial charge in [-0.25, -0.2) is 5.48 Å². The molecule has 1 N–H and O–H groups in total. The summed E-state index contributed by atoms with van der Waals surface area (Å²) in [6.45, 7) is 0. The number of rotatable bonds is 5. The van der Waals surface area contributed by atoms with Crippen LogP contribution in [0, 0.1) is 0 Å². The van der Waals surface area contributed by atoms with Crippen LogP contribution in [0.1, 0.15) is 11.0 Å². The lowest BCUT2D eigenvalue weighted by atomic mass is 10.2. The summed E-state index contributed by atoms with van der Waals surface area (Å²) >= 11 is 0. The fourth-order valence-electron chi connectivity index (χ4n) is 0.948. The maximum absolute atomic E-state index is 5.36. The van der Waals surface area contributed by atoms with Gasteiger partial charge < -0.3 is 0 Å². The van der Waals surface area contributed by atoms with E-state index < -0.39 is 0 Å². The van der Waals surface area contributed by atoms with Crippen molar-refractivity contribution in [2.24, 2.45) is 0 Å². The van der Waals surface area contributed by atoms with Gasteiger partial charge in [-0.3, -0.25) is 4.84 Å². The minimum absolute atomic E-state index is 0.0567. The normalized spacial score (nSPS) is 12.8. The molecule has 0 fully saturated rings. The molecule has 4 heteroatoms. The largest absolute Gasteiger partial charge is 0.282 e. The third kappa shape index (κ3) is 3.60. The third-order valence-electron chi connectivity index (χ3n) is 1.48. The molecule has 1 unspecified atom stereocenters. The molecule has 0 radical (unpaired) electrons. The minimum Gasteiger partial charge on any atom is -0.282 e. The van der Waals surface area contributed by atoms with E-state index in [1.807, 2.05) is 24.5 Å². The lowest BCUT2D eigenvalue weighted by Crippen LogP contribution is -2.10. The topological polar surface area (TPSA) is 21.3 Å². The maximum atomic E-state index is 5.36. The van der Waals surface area contributed by atoms with Crippen molar-refractivity contribution >= 4 is 21.6 Å². The first-order valence-corrected chi connectivity index (χ1v) is 6.57. The molecule has 1 atom stereocenters. The SMILES string of the molecule is CNOC(SSC)c1ccccc1. The molecular formula is C9H13NOS2. The molecule has 0 aliphatic heterocycles. The Morgan fingerprint density at radius 1 is 1.31 bits per heavy atom. The molecule has 0 aliphatic rings. The van der Waals surface area contributed by atoms with Crippen LogP contribution in [-0.2, 0) is 4.84 Å². The summed E-state index contributed by atoms with van der Waals surface area (Å²) in [6.07, 6.45) is 2.04. The van der Waals surface area contributed by atoms with E-state index in [4.69, 9.17) is 4.84 Å². The van der Waals surface area contributed by atoms with E-state index in [0.717, 1.165) is 0 Å². The highest BCUT2D eigenvalue weighted by atomic mass is 33.1. The van der Waals surface area contributed by atoms with Crippen LogP contribution in [0.5, 0.6) is 0 Å². The molecule has 0 saturated carbocycles. The first kappa shape index (κ1) is 10.9. The summed E-state index contributed by atoms with van der Waals surface area (Å²) in [7, 11) is 5.16. The second-order valence-corrected chi connectivity index (χ2v) is 4.86. The zero-order valence-corrected chi connectivity index (χ0v) is 9.32. The molecule has 0 heterocycles. The summed E-state index contributed by atoms with van der Waals surface area (Å²) in [6, 6.07) is 10.2. The molecule has 0 aliphatic carbocycles. The van der Waals surface area contributed by atoms with Crippen molar-refractivity contribution in [2.75, 3.05) is 13.3 Å². The summed E-state index contributed by atoms with van der Waals surface area (Å²) in [5.41, 5.74) is 3.95. The van der Waals surface area contributed by atoms with Gasteiger partial charge in [0.15, 0.2) is 5.44 Å². The van der Waals surface area contributed by atoms with E-state index in [2.05, 4.69) is 17.6 Å². The quantitative estimate of drug-likeness (QED) is 0.463. The van der Waals surface area contributed by atoms with Gasteiger partial charge in [0.05, 0.1) is 0 Å². The highest BCUT2D eigenvalue weighted by Crippen LogP contribution is 2.36. The van der Waals surface area contributed by atoms with Crippen LogP contribution in [0.4, 0.5) is 0 Å². The number of hydrogen-bond acceptors (Lipinski definition) is 4. The van der Waals surface area contributed by atoms with Crippen LogP contribution >= 0.6 is 21.6 Å². The van der Waals surface area contributed by atoms with Crippen molar-refractivity contribution < 1.29 is 4.84 Å². The van der Waals surface area contributed by atoms with Gasteiger partial charge in [0.1, 0.15) is 0 Å². The smallest absolute Gasteiger partial charge is 0.159 e. The highest BCUT2D eigenvalue weighted by Gasteiger charge is 2.10. The van der Waals surface area contributed by atoms with Crippen LogP contribution < -0.4 is 5.48 Å². The molecule has 1 rings (SSSR count). The standard InChI is InChI=1S/C9H13NOS2/c1-10-11-9(13-12-2)8-6-4-3-5-7-8/h3-7,9-10H,1-2H3. The van der Waals surface area contributed by atoms with Crippen molar-refractivity contribution in [3.8, 4) is 0 Å². The Bertz CT molecular complexity index is 224. The Morgan fingerprint density at radius 2 is 2.00 bits per heavy atom. The molecule has 1 aromatic carbocycles. The third-order valence-corrected chi connectivity index (χ3v) is 3.32. The number of benzene rings is 1. The summed E-state index contributed by atoms with van der Waals surface area (Å²) < 4.78 is 0. The lowest BCUT2D eigenvalue weighted by Gasteiger charge is -2.14. The molecule has 1 aromatic rings.